The Bertz CT molecular complexity index is 1410. The molecule has 0 unspecified atom stereocenters. The number of benzene rings is 2. The van der Waals surface area contributed by atoms with Gasteiger partial charge in [-0.15, -0.1) is 8.78 Å². The van der Waals surface area contributed by atoms with Crippen molar-refractivity contribution in [3.63, 3.8) is 0 Å². The molecule has 5 rings (SSSR count). The zero-order valence-corrected chi connectivity index (χ0v) is 22.4. The fourth-order valence-electron chi connectivity index (χ4n) is 5.06. The summed E-state index contributed by atoms with van der Waals surface area (Å²) in [6.45, 7) is 8.79. The molecule has 0 spiro atoms. The van der Waals surface area contributed by atoms with Gasteiger partial charge in [-0.2, -0.15) is 0 Å². The van der Waals surface area contributed by atoms with E-state index in [-0.39, 0.29) is 29.9 Å². The molecular weight excluding hydrogens is 513 g/mol. The van der Waals surface area contributed by atoms with E-state index in [0.717, 1.165) is 11.1 Å². The first-order valence-corrected chi connectivity index (χ1v) is 13.1. The fraction of sp³-hybridized carbons (Fsp3) is 0.483. The van der Waals surface area contributed by atoms with Crippen molar-refractivity contribution >= 4 is 22.5 Å². The minimum atomic E-state index is -3.75. The molecule has 0 bridgehead atoms. The molecule has 0 saturated heterocycles. The van der Waals surface area contributed by atoms with Crippen molar-refractivity contribution in [1.29, 1.82) is 0 Å². The molecule has 1 amide bonds. The topological polar surface area (TPSA) is 82.0 Å². The summed E-state index contributed by atoms with van der Waals surface area (Å²) >= 11 is 0. The minimum Gasteiger partial charge on any atom is -0.395 e. The molecule has 2 aliphatic rings. The first kappa shape index (κ1) is 27.3. The Morgan fingerprint density at radius 2 is 1.87 bits per heavy atom. The third-order valence-corrected chi connectivity index (χ3v) is 7.44. The van der Waals surface area contributed by atoms with Crippen molar-refractivity contribution in [3.05, 3.63) is 53.5 Å². The second kappa shape index (κ2) is 9.75. The van der Waals surface area contributed by atoms with Crippen LogP contribution in [0.2, 0.25) is 0 Å². The predicted octanol–water partition coefficient (Wildman–Crippen LogP) is 5.86. The van der Waals surface area contributed by atoms with Crippen LogP contribution in [0.15, 0.2) is 36.4 Å². The molecule has 210 valence electrons. The number of carbonyl (C=O) groups excluding carboxylic acids is 1. The van der Waals surface area contributed by atoms with Crippen LogP contribution in [0.25, 0.3) is 10.9 Å². The van der Waals surface area contributed by atoms with E-state index in [4.69, 9.17) is 4.74 Å². The van der Waals surface area contributed by atoms with E-state index in [9.17, 15) is 18.7 Å². The number of anilines is 1. The quantitative estimate of drug-likeness (QED) is 0.312. The number of aliphatic hydroxyl groups is 1. The van der Waals surface area contributed by atoms with E-state index in [0.29, 0.717) is 43.5 Å². The number of aromatic nitrogens is 1. The summed E-state index contributed by atoms with van der Waals surface area (Å²) in [4.78, 5) is 13.4. The molecule has 2 aromatic carbocycles. The van der Waals surface area contributed by atoms with Crippen LogP contribution in [0.3, 0.4) is 0 Å². The van der Waals surface area contributed by atoms with Crippen LogP contribution in [0, 0.1) is 5.82 Å². The summed E-state index contributed by atoms with van der Waals surface area (Å²) in [5.41, 5.74) is 0.492. The lowest BCUT2D eigenvalue weighted by molar-refractivity contribution is -0.286. The molecule has 1 aromatic heterocycles. The highest BCUT2D eigenvalue weighted by molar-refractivity contribution is 6.02. The van der Waals surface area contributed by atoms with Crippen molar-refractivity contribution in [2.24, 2.45) is 0 Å². The monoisotopic (exact) mass is 546 g/mol. The number of fused-ring (bicyclic) bond motifs is 2. The van der Waals surface area contributed by atoms with Crippen LogP contribution < -0.4 is 14.8 Å². The number of carbonyl (C=O) groups is 1. The van der Waals surface area contributed by atoms with Crippen LogP contribution in [-0.2, 0) is 26.9 Å². The highest BCUT2D eigenvalue weighted by Crippen LogP contribution is 2.52. The minimum absolute atomic E-state index is 0.0275. The number of amides is 1. The standard InChI is InChI=1S/C29H33F3N2O5/c1-17(2)37-11-5-10-34-22-15-20(30)21(12-18(22)13-25(34)27(3,4)16-35)33-26(36)28(8-9-28)19-6-7-23-24(14-19)39-29(31,32)38-23/h6-7,12-15,17,35H,5,8-11,16H2,1-4H3,(H,33,36). The van der Waals surface area contributed by atoms with Gasteiger partial charge in [-0.1, -0.05) is 19.9 Å². The Labute approximate surface area is 224 Å². The molecule has 7 nitrogen and oxygen atoms in total. The van der Waals surface area contributed by atoms with Gasteiger partial charge in [0.25, 0.3) is 0 Å². The first-order valence-electron chi connectivity index (χ1n) is 13.1. The summed E-state index contributed by atoms with van der Waals surface area (Å²) < 4.78 is 59.0. The van der Waals surface area contributed by atoms with E-state index >= 15 is 4.39 Å². The van der Waals surface area contributed by atoms with Crippen molar-refractivity contribution in [1.82, 2.24) is 4.57 Å². The number of aryl methyl sites for hydroxylation is 1. The van der Waals surface area contributed by atoms with Gasteiger partial charge in [-0.25, -0.2) is 4.39 Å². The lowest BCUT2D eigenvalue weighted by Crippen LogP contribution is -2.28. The van der Waals surface area contributed by atoms with Crippen LogP contribution in [0.5, 0.6) is 11.5 Å². The SMILES string of the molecule is CC(C)OCCCn1c(C(C)(C)CO)cc2cc(NC(=O)C3(c4ccc5c(c4)OC(F)(F)O5)CC3)c(F)cc21. The van der Waals surface area contributed by atoms with Crippen molar-refractivity contribution < 1.29 is 37.3 Å². The lowest BCUT2D eigenvalue weighted by atomic mass is 9.90. The van der Waals surface area contributed by atoms with Crippen LogP contribution in [0.4, 0.5) is 18.9 Å². The predicted molar refractivity (Wildman–Crippen MR) is 140 cm³/mol. The van der Waals surface area contributed by atoms with Gasteiger partial charge in [0.1, 0.15) is 5.82 Å². The van der Waals surface area contributed by atoms with Gasteiger partial charge in [-0.05, 0) is 62.9 Å². The Balaban J connectivity index is 1.42. The van der Waals surface area contributed by atoms with E-state index in [1.54, 1.807) is 12.1 Å². The van der Waals surface area contributed by atoms with Crippen molar-refractivity contribution in [3.8, 4) is 11.5 Å². The third-order valence-electron chi connectivity index (χ3n) is 7.44. The molecule has 1 fully saturated rings. The number of nitrogens with one attached hydrogen (secondary N) is 1. The van der Waals surface area contributed by atoms with Gasteiger partial charge in [-0.3, -0.25) is 4.79 Å². The van der Waals surface area contributed by atoms with Crippen molar-refractivity contribution in [2.75, 3.05) is 18.5 Å². The summed E-state index contributed by atoms with van der Waals surface area (Å²) in [6, 6.07) is 9.20. The van der Waals surface area contributed by atoms with E-state index < -0.39 is 28.8 Å². The molecule has 2 heterocycles. The Morgan fingerprint density at radius 1 is 1.15 bits per heavy atom. The highest BCUT2D eigenvalue weighted by atomic mass is 19.3. The maximum absolute atomic E-state index is 15.4. The summed E-state index contributed by atoms with van der Waals surface area (Å²) in [5.74, 6) is -1.25. The van der Waals surface area contributed by atoms with Crippen LogP contribution in [-0.4, -0.2) is 41.2 Å². The number of ether oxygens (including phenoxy) is 3. The van der Waals surface area contributed by atoms with Gasteiger partial charge in [0.05, 0.1) is 29.3 Å². The number of rotatable bonds is 10. The highest BCUT2D eigenvalue weighted by Gasteiger charge is 2.53. The zero-order chi connectivity index (χ0) is 28.2. The second-order valence-electron chi connectivity index (χ2n) is 11.3. The number of aliphatic hydroxyl groups excluding tert-OH is 1. The normalized spacial score (nSPS) is 17.2. The average Bonchev–Trinajstić information content (AvgIpc) is 3.51. The number of alkyl halides is 2. The summed E-state index contributed by atoms with van der Waals surface area (Å²) in [7, 11) is 0. The molecule has 2 N–H and O–H groups in total. The van der Waals surface area contributed by atoms with E-state index in [1.807, 2.05) is 38.3 Å². The zero-order valence-electron chi connectivity index (χ0n) is 22.4. The van der Waals surface area contributed by atoms with Gasteiger partial charge >= 0.3 is 6.29 Å². The average molecular weight is 547 g/mol. The molecule has 0 atom stereocenters. The van der Waals surface area contributed by atoms with Gasteiger partial charge in [0.2, 0.25) is 5.91 Å². The molecule has 39 heavy (non-hydrogen) atoms. The summed E-state index contributed by atoms with van der Waals surface area (Å²) in [5, 5.41) is 13.5. The van der Waals surface area contributed by atoms with E-state index in [1.165, 1.54) is 18.2 Å². The molecule has 1 aliphatic heterocycles. The lowest BCUT2D eigenvalue weighted by Gasteiger charge is -2.24. The van der Waals surface area contributed by atoms with Crippen LogP contribution in [0.1, 0.15) is 58.2 Å². The fourth-order valence-corrected chi connectivity index (χ4v) is 5.06. The Kier molecular flexibility index (Phi) is 6.83. The number of hydrogen-bond acceptors (Lipinski definition) is 5. The maximum Gasteiger partial charge on any atom is 0.586 e. The van der Waals surface area contributed by atoms with Gasteiger partial charge in [0.15, 0.2) is 11.5 Å². The molecule has 3 aromatic rings. The Hall–Kier alpha value is -3.24. The molecule has 1 saturated carbocycles. The van der Waals surface area contributed by atoms with E-state index in [2.05, 4.69) is 14.8 Å². The van der Waals surface area contributed by atoms with Crippen LogP contribution >= 0.6 is 0 Å². The second-order valence-corrected chi connectivity index (χ2v) is 11.3. The molecular formula is C29H33F3N2O5. The summed E-state index contributed by atoms with van der Waals surface area (Å²) in [6.07, 6.45) is -1.96. The third kappa shape index (κ3) is 5.19. The smallest absolute Gasteiger partial charge is 0.395 e. The maximum atomic E-state index is 15.4. The van der Waals surface area contributed by atoms with Crippen molar-refractivity contribution in [2.45, 2.75) is 76.7 Å². The molecule has 1 aliphatic carbocycles. The number of nitrogens with zero attached hydrogens (tertiary/aromatic N) is 1. The van der Waals surface area contributed by atoms with Gasteiger partial charge in [0, 0.05) is 35.7 Å². The largest absolute Gasteiger partial charge is 0.586 e. The molecule has 0 radical (unpaired) electrons. The molecule has 10 heteroatoms. The Morgan fingerprint density at radius 3 is 2.54 bits per heavy atom. The van der Waals surface area contributed by atoms with Gasteiger partial charge < -0.3 is 29.2 Å². The number of hydrogen-bond donors (Lipinski definition) is 2. The number of halogens is 3. The first-order chi connectivity index (χ1) is 18.3.